The molecule has 21 heavy (non-hydrogen) atoms. The van der Waals surface area contributed by atoms with Crippen LogP contribution in [0, 0.1) is 0 Å². The van der Waals surface area contributed by atoms with Crippen molar-refractivity contribution in [2.24, 2.45) is 0 Å². The van der Waals surface area contributed by atoms with Crippen molar-refractivity contribution in [3.05, 3.63) is 47.7 Å². The van der Waals surface area contributed by atoms with Gasteiger partial charge in [0.25, 0.3) is 0 Å². The number of benzene rings is 1. The Morgan fingerprint density at radius 1 is 1.05 bits per heavy atom. The summed E-state index contributed by atoms with van der Waals surface area (Å²) in [5.74, 6) is 0.642. The fourth-order valence-corrected chi connectivity index (χ4v) is 2.75. The molecule has 0 bridgehead atoms. The lowest BCUT2D eigenvalue weighted by Crippen LogP contribution is -2.17. The van der Waals surface area contributed by atoms with E-state index in [1.807, 2.05) is 24.4 Å². The van der Waals surface area contributed by atoms with Crippen LogP contribution in [0.3, 0.4) is 0 Å². The van der Waals surface area contributed by atoms with Crippen LogP contribution in [0.25, 0.3) is 11.0 Å². The van der Waals surface area contributed by atoms with Crippen LogP contribution in [0.2, 0.25) is 0 Å². The van der Waals surface area contributed by atoms with Crippen molar-refractivity contribution in [2.45, 2.75) is 13.1 Å². The number of methoxy groups -OCH3 is 1. The molecule has 0 unspecified atom stereocenters. The fraction of sp³-hybridized carbons (Fsp3) is 0.267. The van der Waals surface area contributed by atoms with Crippen LogP contribution in [0.5, 0.6) is 5.88 Å². The lowest BCUT2D eigenvalue weighted by molar-refractivity contribution is 0.318. The van der Waals surface area contributed by atoms with Gasteiger partial charge in [0.15, 0.2) is 0 Å². The van der Waals surface area contributed by atoms with E-state index in [-0.39, 0.29) is 0 Å². The molecule has 1 aromatic carbocycles. The maximum Gasteiger partial charge on any atom is 0.212 e. The zero-order chi connectivity index (χ0) is 14.7. The Balaban J connectivity index is 1.65. The van der Waals surface area contributed by atoms with Gasteiger partial charge < -0.3 is 4.74 Å². The van der Waals surface area contributed by atoms with Crippen LogP contribution in [0.1, 0.15) is 11.1 Å². The lowest BCUT2D eigenvalue weighted by atomic mass is 10.2. The Labute approximate surface area is 127 Å². The molecule has 0 radical (unpaired) electrons. The summed E-state index contributed by atoms with van der Waals surface area (Å²) in [5.41, 5.74) is 4.33. The van der Waals surface area contributed by atoms with Gasteiger partial charge in [-0.2, -0.15) is 8.75 Å². The Kier molecular flexibility index (Phi) is 4.08. The topological polar surface area (TPSA) is 51.1 Å². The normalized spacial score (nSPS) is 11.2. The summed E-state index contributed by atoms with van der Waals surface area (Å²) < 4.78 is 13.6. The molecule has 5 nitrogen and oxygen atoms in total. The number of nitrogens with zero attached hydrogens (tertiary/aromatic N) is 4. The minimum Gasteiger partial charge on any atom is -0.481 e. The van der Waals surface area contributed by atoms with E-state index >= 15 is 0 Å². The molecular weight excluding hydrogens is 284 g/mol. The molecule has 0 saturated carbocycles. The van der Waals surface area contributed by atoms with E-state index in [0.717, 1.165) is 29.7 Å². The molecule has 0 aliphatic carbocycles. The van der Waals surface area contributed by atoms with E-state index in [9.17, 15) is 0 Å². The van der Waals surface area contributed by atoms with Crippen LogP contribution >= 0.6 is 11.7 Å². The molecule has 108 valence electrons. The first-order valence-corrected chi connectivity index (χ1v) is 7.36. The smallest absolute Gasteiger partial charge is 0.212 e. The number of ether oxygens (including phenoxy) is 1. The van der Waals surface area contributed by atoms with Gasteiger partial charge in [-0.1, -0.05) is 12.1 Å². The molecule has 0 saturated heterocycles. The summed E-state index contributed by atoms with van der Waals surface area (Å²) >= 11 is 1.25. The van der Waals surface area contributed by atoms with Gasteiger partial charge in [-0.15, -0.1) is 0 Å². The van der Waals surface area contributed by atoms with Crippen LogP contribution in [-0.4, -0.2) is 32.8 Å². The monoisotopic (exact) mass is 300 g/mol. The highest BCUT2D eigenvalue weighted by Crippen LogP contribution is 2.16. The molecule has 0 fully saturated rings. The predicted molar refractivity (Wildman–Crippen MR) is 83.4 cm³/mol. The second-order valence-electron chi connectivity index (χ2n) is 4.97. The van der Waals surface area contributed by atoms with E-state index in [4.69, 9.17) is 4.74 Å². The maximum atomic E-state index is 5.07. The van der Waals surface area contributed by atoms with Crippen molar-refractivity contribution < 1.29 is 4.74 Å². The molecule has 0 spiro atoms. The SMILES string of the molecule is COc1ccc(CN(C)Cc2ccc3nsnc3c2)cn1. The Bertz CT molecular complexity index is 726. The first-order chi connectivity index (χ1) is 10.2. The minimum absolute atomic E-state index is 0.642. The number of rotatable bonds is 5. The number of fused-ring (bicyclic) bond motifs is 1. The van der Waals surface area contributed by atoms with Gasteiger partial charge in [-0.25, -0.2) is 4.98 Å². The quantitative estimate of drug-likeness (QED) is 0.725. The van der Waals surface area contributed by atoms with Gasteiger partial charge in [-0.05, 0) is 30.3 Å². The molecule has 6 heteroatoms. The van der Waals surface area contributed by atoms with Gasteiger partial charge in [0, 0.05) is 25.4 Å². The second kappa shape index (κ2) is 6.15. The number of pyridine rings is 1. The molecule has 2 aromatic heterocycles. The first kappa shape index (κ1) is 13.9. The van der Waals surface area contributed by atoms with E-state index in [2.05, 4.69) is 37.8 Å². The largest absolute Gasteiger partial charge is 0.481 e. The van der Waals surface area contributed by atoms with Crippen molar-refractivity contribution in [2.75, 3.05) is 14.2 Å². The number of aromatic nitrogens is 3. The van der Waals surface area contributed by atoms with Crippen molar-refractivity contribution >= 4 is 22.8 Å². The molecule has 0 amide bonds. The van der Waals surface area contributed by atoms with E-state index in [0.29, 0.717) is 5.88 Å². The third kappa shape index (κ3) is 3.34. The molecule has 0 atom stereocenters. The summed E-state index contributed by atoms with van der Waals surface area (Å²) in [4.78, 5) is 6.47. The standard InChI is InChI=1S/C15H16N4OS/c1-19(10-12-4-6-15(20-2)16-8-12)9-11-3-5-13-14(7-11)18-21-17-13/h3-8H,9-10H2,1-2H3. The minimum atomic E-state index is 0.642. The number of hydrogen-bond acceptors (Lipinski definition) is 6. The summed E-state index contributed by atoms with van der Waals surface area (Å²) in [6.07, 6.45) is 1.85. The molecule has 0 aliphatic rings. The van der Waals surface area contributed by atoms with Crippen molar-refractivity contribution in [1.29, 1.82) is 0 Å². The highest BCUT2D eigenvalue weighted by Gasteiger charge is 2.05. The van der Waals surface area contributed by atoms with Crippen LogP contribution in [-0.2, 0) is 13.1 Å². The molecule has 2 heterocycles. The van der Waals surface area contributed by atoms with Crippen LogP contribution in [0.15, 0.2) is 36.5 Å². The molecule has 3 aromatic rings. The van der Waals surface area contributed by atoms with Gasteiger partial charge in [0.05, 0.1) is 18.8 Å². The van der Waals surface area contributed by atoms with Gasteiger partial charge in [0.2, 0.25) is 5.88 Å². The number of hydrogen-bond donors (Lipinski definition) is 0. The van der Waals surface area contributed by atoms with E-state index < -0.39 is 0 Å². The second-order valence-corrected chi connectivity index (χ2v) is 5.50. The van der Waals surface area contributed by atoms with Crippen molar-refractivity contribution in [3.8, 4) is 5.88 Å². The fourth-order valence-electron chi connectivity index (χ4n) is 2.23. The summed E-state index contributed by atoms with van der Waals surface area (Å²) in [6, 6.07) is 10.1. The van der Waals surface area contributed by atoms with Crippen molar-refractivity contribution in [3.63, 3.8) is 0 Å². The average molecular weight is 300 g/mol. The van der Waals surface area contributed by atoms with Crippen LogP contribution < -0.4 is 4.74 Å². The van der Waals surface area contributed by atoms with E-state index in [1.54, 1.807) is 7.11 Å². The third-order valence-electron chi connectivity index (χ3n) is 3.23. The lowest BCUT2D eigenvalue weighted by Gasteiger charge is -2.16. The Hall–Kier alpha value is -2.05. The first-order valence-electron chi connectivity index (χ1n) is 6.63. The summed E-state index contributed by atoms with van der Waals surface area (Å²) in [7, 11) is 3.71. The maximum absolute atomic E-state index is 5.07. The molecule has 0 N–H and O–H groups in total. The zero-order valence-electron chi connectivity index (χ0n) is 12.0. The van der Waals surface area contributed by atoms with Crippen molar-refractivity contribution in [1.82, 2.24) is 18.6 Å². The molecule has 3 rings (SSSR count). The highest BCUT2D eigenvalue weighted by molar-refractivity contribution is 7.00. The Morgan fingerprint density at radius 3 is 2.57 bits per heavy atom. The summed E-state index contributed by atoms with van der Waals surface area (Å²) in [5, 5.41) is 0. The highest BCUT2D eigenvalue weighted by atomic mass is 32.1. The van der Waals surface area contributed by atoms with E-state index in [1.165, 1.54) is 17.3 Å². The predicted octanol–water partition coefficient (Wildman–Crippen LogP) is 2.73. The van der Waals surface area contributed by atoms with Gasteiger partial charge in [0.1, 0.15) is 11.0 Å². The Morgan fingerprint density at radius 2 is 1.81 bits per heavy atom. The van der Waals surface area contributed by atoms with Gasteiger partial charge in [-0.3, -0.25) is 4.90 Å². The van der Waals surface area contributed by atoms with Crippen LogP contribution in [0.4, 0.5) is 0 Å². The third-order valence-corrected chi connectivity index (χ3v) is 3.79. The molecule has 0 aliphatic heterocycles. The van der Waals surface area contributed by atoms with Gasteiger partial charge >= 0.3 is 0 Å². The zero-order valence-corrected chi connectivity index (χ0v) is 12.8. The average Bonchev–Trinajstić information content (AvgIpc) is 2.95. The molecular formula is C15H16N4OS. The summed E-state index contributed by atoms with van der Waals surface area (Å²) in [6.45, 7) is 1.70.